The summed E-state index contributed by atoms with van der Waals surface area (Å²) in [6, 6.07) is 9.67. The van der Waals surface area contributed by atoms with E-state index in [2.05, 4.69) is 15.6 Å². The van der Waals surface area contributed by atoms with Crippen LogP contribution in [-0.4, -0.2) is 33.5 Å². The first kappa shape index (κ1) is 17.1. The predicted molar refractivity (Wildman–Crippen MR) is 83.7 cm³/mol. The van der Waals surface area contributed by atoms with Gasteiger partial charge in [0.15, 0.2) is 0 Å². The lowest BCUT2D eigenvalue weighted by molar-refractivity contribution is -0.121. The van der Waals surface area contributed by atoms with Crippen LogP contribution in [0.25, 0.3) is 5.69 Å². The van der Waals surface area contributed by atoms with Crippen LogP contribution in [-0.2, 0) is 11.2 Å². The van der Waals surface area contributed by atoms with Gasteiger partial charge in [-0.25, -0.2) is 4.68 Å². The minimum absolute atomic E-state index is 0. The maximum atomic E-state index is 11.8. The Morgan fingerprint density at radius 2 is 2.05 bits per heavy atom. The third-order valence-electron chi connectivity index (χ3n) is 3.08. The number of hydrogen-bond donors (Lipinski definition) is 2. The van der Waals surface area contributed by atoms with E-state index in [1.54, 1.807) is 4.68 Å². The number of aromatic nitrogens is 3. The molecule has 1 heterocycles. The molecule has 21 heavy (non-hydrogen) atoms. The van der Waals surface area contributed by atoms with E-state index < -0.39 is 0 Å². The molecular weight excluding hydrogens is 290 g/mol. The van der Waals surface area contributed by atoms with Crippen LogP contribution in [0.5, 0.6) is 0 Å². The largest absolute Gasteiger partial charge is 0.352 e. The topological polar surface area (TPSA) is 85.8 Å². The summed E-state index contributed by atoms with van der Waals surface area (Å²) in [6.07, 6.45) is 0.211. The second-order valence-corrected chi connectivity index (χ2v) is 4.75. The fraction of sp³-hybridized carbons (Fsp3) is 0.357. The molecule has 2 rings (SSSR count). The zero-order valence-corrected chi connectivity index (χ0v) is 12.9. The van der Waals surface area contributed by atoms with Crippen molar-refractivity contribution >= 4 is 18.3 Å². The molecule has 1 aromatic carbocycles. The van der Waals surface area contributed by atoms with Crippen molar-refractivity contribution in [3.63, 3.8) is 0 Å². The van der Waals surface area contributed by atoms with Crippen molar-refractivity contribution in [1.29, 1.82) is 0 Å². The van der Waals surface area contributed by atoms with Crippen LogP contribution in [0.4, 0.5) is 0 Å². The van der Waals surface area contributed by atoms with Crippen molar-refractivity contribution in [2.75, 3.05) is 6.54 Å². The smallest absolute Gasteiger partial charge is 0.226 e. The van der Waals surface area contributed by atoms with Crippen LogP contribution >= 0.6 is 12.4 Å². The highest BCUT2D eigenvalue weighted by atomic mass is 35.5. The normalized spacial score (nSPS) is 11.6. The Bertz CT molecular complexity index is 584. The standard InChI is InChI=1S/C14H19N5O.ClH/c1-10(9-15)16-14(20)8-13-11(2)19(18-17-13)12-6-4-3-5-7-12;/h3-7,10H,8-9,15H2,1-2H3,(H,16,20);1H/t10-;/m0./s1. The van der Waals surface area contributed by atoms with Gasteiger partial charge in [0.05, 0.1) is 23.5 Å². The van der Waals surface area contributed by atoms with Gasteiger partial charge in [0.2, 0.25) is 5.91 Å². The Labute approximate surface area is 130 Å². The van der Waals surface area contributed by atoms with Gasteiger partial charge in [-0.3, -0.25) is 4.79 Å². The van der Waals surface area contributed by atoms with Gasteiger partial charge in [0.1, 0.15) is 0 Å². The molecule has 2 aromatic rings. The lowest BCUT2D eigenvalue weighted by Crippen LogP contribution is -2.38. The lowest BCUT2D eigenvalue weighted by Gasteiger charge is -2.10. The minimum atomic E-state index is -0.0915. The summed E-state index contributed by atoms with van der Waals surface area (Å²) in [5, 5.41) is 11.0. The van der Waals surface area contributed by atoms with E-state index in [1.165, 1.54) is 0 Å². The molecule has 0 aliphatic rings. The quantitative estimate of drug-likeness (QED) is 0.863. The van der Waals surface area contributed by atoms with Crippen LogP contribution < -0.4 is 11.1 Å². The molecular formula is C14H20ClN5O. The van der Waals surface area contributed by atoms with Gasteiger partial charge < -0.3 is 11.1 Å². The second kappa shape index (κ2) is 7.75. The van der Waals surface area contributed by atoms with Crippen molar-refractivity contribution in [3.05, 3.63) is 41.7 Å². The summed E-state index contributed by atoms with van der Waals surface area (Å²) < 4.78 is 1.73. The van der Waals surface area contributed by atoms with Crippen LogP contribution in [0.3, 0.4) is 0 Å². The van der Waals surface area contributed by atoms with Gasteiger partial charge >= 0.3 is 0 Å². The second-order valence-electron chi connectivity index (χ2n) is 4.75. The molecule has 0 spiro atoms. The molecule has 0 radical (unpaired) electrons. The summed E-state index contributed by atoms with van der Waals surface area (Å²) in [5.74, 6) is -0.0915. The number of nitrogens with two attached hydrogens (primary N) is 1. The van der Waals surface area contributed by atoms with Gasteiger partial charge in [-0.1, -0.05) is 23.4 Å². The Balaban J connectivity index is 0.00000220. The van der Waals surface area contributed by atoms with Gasteiger partial charge in [-0.05, 0) is 26.0 Å². The van der Waals surface area contributed by atoms with Crippen LogP contribution in [0.15, 0.2) is 30.3 Å². The molecule has 1 amide bonds. The van der Waals surface area contributed by atoms with E-state index in [4.69, 9.17) is 5.73 Å². The van der Waals surface area contributed by atoms with Crippen molar-refractivity contribution in [2.24, 2.45) is 5.73 Å². The molecule has 3 N–H and O–H groups in total. The number of rotatable bonds is 5. The van der Waals surface area contributed by atoms with E-state index >= 15 is 0 Å². The number of para-hydroxylation sites is 1. The molecule has 6 nitrogen and oxygen atoms in total. The molecule has 1 atom stereocenters. The highest BCUT2D eigenvalue weighted by Gasteiger charge is 2.14. The number of nitrogens with one attached hydrogen (secondary N) is 1. The Morgan fingerprint density at radius 1 is 1.38 bits per heavy atom. The van der Waals surface area contributed by atoms with Crippen LogP contribution in [0.2, 0.25) is 0 Å². The average molecular weight is 310 g/mol. The molecule has 0 saturated heterocycles. The summed E-state index contributed by atoms with van der Waals surface area (Å²) in [5.41, 5.74) is 7.95. The Morgan fingerprint density at radius 3 is 2.67 bits per heavy atom. The third kappa shape index (κ3) is 4.27. The van der Waals surface area contributed by atoms with Gasteiger partial charge in [0, 0.05) is 12.6 Å². The molecule has 0 unspecified atom stereocenters. The summed E-state index contributed by atoms with van der Waals surface area (Å²) in [7, 11) is 0. The number of carbonyl (C=O) groups excluding carboxylic acids is 1. The zero-order chi connectivity index (χ0) is 14.5. The van der Waals surface area contributed by atoms with Gasteiger partial charge in [0.25, 0.3) is 0 Å². The molecule has 114 valence electrons. The van der Waals surface area contributed by atoms with E-state index in [-0.39, 0.29) is 30.8 Å². The molecule has 0 bridgehead atoms. The van der Waals surface area contributed by atoms with Crippen molar-refractivity contribution in [1.82, 2.24) is 20.3 Å². The minimum Gasteiger partial charge on any atom is -0.352 e. The number of nitrogens with zero attached hydrogens (tertiary/aromatic N) is 3. The van der Waals surface area contributed by atoms with Gasteiger partial charge in [-0.2, -0.15) is 0 Å². The van der Waals surface area contributed by atoms with Crippen molar-refractivity contribution in [3.8, 4) is 5.69 Å². The molecule has 0 fully saturated rings. The van der Waals surface area contributed by atoms with Crippen LogP contribution in [0, 0.1) is 6.92 Å². The first-order valence-corrected chi connectivity index (χ1v) is 6.58. The van der Waals surface area contributed by atoms with E-state index in [9.17, 15) is 4.79 Å². The Kier molecular flexibility index (Phi) is 6.33. The maximum Gasteiger partial charge on any atom is 0.226 e. The molecule has 0 aliphatic carbocycles. The number of benzene rings is 1. The highest BCUT2D eigenvalue weighted by Crippen LogP contribution is 2.12. The highest BCUT2D eigenvalue weighted by molar-refractivity contribution is 5.85. The van der Waals surface area contributed by atoms with E-state index in [0.717, 1.165) is 11.4 Å². The van der Waals surface area contributed by atoms with E-state index in [1.807, 2.05) is 44.2 Å². The first-order chi connectivity index (χ1) is 9.61. The van der Waals surface area contributed by atoms with Crippen LogP contribution in [0.1, 0.15) is 18.3 Å². The predicted octanol–water partition coefficient (Wildman–Crippen LogP) is 1.00. The SMILES string of the molecule is Cc1c(CC(=O)N[C@@H](C)CN)nnn1-c1ccccc1.Cl. The monoisotopic (exact) mass is 309 g/mol. The molecule has 0 saturated carbocycles. The third-order valence-corrected chi connectivity index (χ3v) is 3.08. The summed E-state index contributed by atoms with van der Waals surface area (Å²) >= 11 is 0. The molecule has 7 heteroatoms. The number of carbonyl (C=O) groups is 1. The molecule has 0 aliphatic heterocycles. The number of halogens is 1. The lowest BCUT2D eigenvalue weighted by atomic mass is 10.2. The zero-order valence-electron chi connectivity index (χ0n) is 12.1. The fourth-order valence-electron chi connectivity index (χ4n) is 1.88. The summed E-state index contributed by atoms with van der Waals surface area (Å²) in [4.78, 5) is 11.8. The first-order valence-electron chi connectivity index (χ1n) is 6.58. The molecule has 1 aromatic heterocycles. The summed E-state index contributed by atoms with van der Waals surface area (Å²) in [6.45, 7) is 4.19. The number of hydrogen-bond acceptors (Lipinski definition) is 4. The van der Waals surface area contributed by atoms with E-state index in [0.29, 0.717) is 12.2 Å². The van der Waals surface area contributed by atoms with Crippen molar-refractivity contribution < 1.29 is 4.79 Å². The average Bonchev–Trinajstić information content (AvgIpc) is 2.81. The maximum absolute atomic E-state index is 11.8. The fourth-order valence-corrected chi connectivity index (χ4v) is 1.88. The Hall–Kier alpha value is -1.92. The number of amides is 1. The van der Waals surface area contributed by atoms with Gasteiger partial charge in [-0.15, -0.1) is 17.5 Å². The van der Waals surface area contributed by atoms with Crippen molar-refractivity contribution in [2.45, 2.75) is 26.3 Å².